The van der Waals surface area contributed by atoms with E-state index in [1.165, 1.54) is 0 Å². The molecule has 0 radical (unpaired) electrons. The molecule has 0 aliphatic rings. The number of nitrogens with zero attached hydrogens (tertiary/aromatic N) is 2. The zero-order valence-corrected chi connectivity index (χ0v) is 16.3. The third-order valence-corrected chi connectivity index (χ3v) is 3.13. The Morgan fingerprint density at radius 1 is 1.20 bits per heavy atom. The summed E-state index contributed by atoms with van der Waals surface area (Å²) < 4.78 is 11.1. The zero-order chi connectivity index (χ0) is 18.5. The summed E-state index contributed by atoms with van der Waals surface area (Å²) in [4.78, 5) is 8.90. The summed E-state index contributed by atoms with van der Waals surface area (Å²) in [5.74, 6) is 2.04. The molecule has 6 heteroatoms. The molecule has 0 aromatic carbocycles. The highest BCUT2D eigenvalue weighted by Crippen LogP contribution is 2.10. The second kappa shape index (κ2) is 12.5. The van der Waals surface area contributed by atoms with Crippen LogP contribution >= 0.6 is 0 Å². The van der Waals surface area contributed by atoms with Crippen LogP contribution in [0.1, 0.15) is 46.6 Å². The fourth-order valence-electron chi connectivity index (χ4n) is 2.03. The van der Waals surface area contributed by atoms with Crippen LogP contribution in [0.5, 0.6) is 5.88 Å². The lowest BCUT2D eigenvalue weighted by Crippen LogP contribution is -2.38. The maximum absolute atomic E-state index is 5.58. The van der Waals surface area contributed by atoms with Crippen molar-refractivity contribution in [2.45, 2.75) is 53.7 Å². The summed E-state index contributed by atoms with van der Waals surface area (Å²) in [5, 5.41) is 6.58. The molecule has 1 rings (SSSR count). The van der Waals surface area contributed by atoms with Crippen molar-refractivity contribution in [3.8, 4) is 5.88 Å². The summed E-state index contributed by atoms with van der Waals surface area (Å²) in [6.45, 7) is 14.2. The third-order valence-electron chi connectivity index (χ3n) is 3.13. The number of ether oxygens (including phenoxy) is 2. The van der Waals surface area contributed by atoms with Crippen molar-refractivity contribution >= 4 is 5.96 Å². The van der Waals surface area contributed by atoms with E-state index in [1.807, 2.05) is 32.2 Å². The molecule has 0 saturated heterocycles. The summed E-state index contributed by atoms with van der Waals surface area (Å²) >= 11 is 0. The third kappa shape index (κ3) is 10.6. The molecule has 0 aliphatic carbocycles. The van der Waals surface area contributed by atoms with E-state index in [-0.39, 0.29) is 6.10 Å². The van der Waals surface area contributed by atoms with Crippen LogP contribution < -0.4 is 15.4 Å². The average Bonchev–Trinajstić information content (AvgIpc) is 2.56. The van der Waals surface area contributed by atoms with E-state index >= 15 is 0 Å². The quantitative estimate of drug-likeness (QED) is 0.365. The molecule has 0 bridgehead atoms. The molecule has 0 unspecified atom stereocenters. The highest BCUT2D eigenvalue weighted by molar-refractivity contribution is 5.79. The van der Waals surface area contributed by atoms with E-state index in [2.05, 4.69) is 41.4 Å². The first-order valence-electron chi connectivity index (χ1n) is 9.22. The normalized spacial score (nSPS) is 11.9. The standard InChI is InChI=1S/C19H34N4O2/c1-6-20-19(21-10-7-11-24-14-15(2)3)23-13-17-8-9-18(22-12-17)25-16(4)5/h8-9,12,15-16H,6-7,10-11,13-14H2,1-5H3,(H2,20,21,23). The van der Waals surface area contributed by atoms with Gasteiger partial charge in [0.25, 0.3) is 0 Å². The van der Waals surface area contributed by atoms with Crippen LogP contribution in [0, 0.1) is 5.92 Å². The number of rotatable bonds is 11. The van der Waals surface area contributed by atoms with Gasteiger partial charge in [-0.2, -0.15) is 0 Å². The number of nitrogens with one attached hydrogen (secondary N) is 2. The van der Waals surface area contributed by atoms with Gasteiger partial charge in [0, 0.05) is 38.6 Å². The monoisotopic (exact) mass is 350 g/mol. The van der Waals surface area contributed by atoms with Crippen molar-refractivity contribution in [2.24, 2.45) is 10.9 Å². The lowest BCUT2D eigenvalue weighted by Gasteiger charge is -2.12. The minimum absolute atomic E-state index is 0.130. The molecule has 0 amide bonds. The van der Waals surface area contributed by atoms with E-state index < -0.39 is 0 Å². The van der Waals surface area contributed by atoms with Crippen LogP contribution in [0.3, 0.4) is 0 Å². The minimum Gasteiger partial charge on any atom is -0.475 e. The molecule has 2 N–H and O–H groups in total. The van der Waals surface area contributed by atoms with Gasteiger partial charge < -0.3 is 20.1 Å². The Morgan fingerprint density at radius 3 is 2.60 bits per heavy atom. The predicted octanol–water partition coefficient (Wildman–Crippen LogP) is 2.99. The van der Waals surface area contributed by atoms with Crippen molar-refractivity contribution in [3.63, 3.8) is 0 Å². The Labute approximate surface area is 152 Å². The Hall–Kier alpha value is -1.82. The van der Waals surface area contributed by atoms with Crippen molar-refractivity contribution in [3.05, 3.63) is 23.9 Å². The van der Waals surface area contributed by atoms with Crippen LogP contribution in [-0.2, 0) is 11.3 Å². The van der Waals surface area contributed by atoms with Gasteiger partial charge in [-0.25, -0.2) is 9.98 Å². The fraction of sp³-hybridized carbons (Fsp3) is 0.684. The topological polar surface area (TPSA) is 67.8 Å². The molecule has 6 nitrogen and oxygen atoms in total. The lowest BCUT2D eigenvalue weighted by molar-refractivity contribution is 0.108. The molecular formula is C19H34N4O2. The molecule has 1 heterocycles. The van der Waals surface area contributed by atoms with Crippen LogP contribution in [-0.4, -0.2) is 43.4 Å². The van der Waals surface area contributed by atoms with Crippen molar-refractivity contribution in [1.82, 2.24) is 15.6 Å². The maximum Gasteiger partial charge on any atom is 0.213 e. The van der Waals surface area contributed by atoms with Crippen molar-refractivity contribution < 1.29 is 9.47 Å². The minimum atomic E-state index is 0.130. The largest absolute Gasteiger partial charge is 0.475 e. The summed E-state index contributed by atoms with van der Waals surface area (Å²) in [5.41, 5.74) is 1.05. The first kappa shape index (κ1) is 21.2. The molecule has 0 aliphatic heterocycles. The summed E-state index contributed by atoms with van der Waals surface area (Å²) in [7, 11) is 0. The lowest BCUT2D eigenvalue weighted by atomic mass is 10.2. The number of aliphatic imine (C=N–C) groups is 1. The summed E-state index contributed by atoms with van der Waals surface area (Å²) in [6, 6.07) is 3.88. The Morgan fingerprint density at radius 2 is 2.00 bits per heavy atom. The highest BCUT2D eigenvalue weighted by Gasteiger charge is 2.01. The van der Waals surface area contributed by atoms with Gasteiger partial charge in [-0.15, -0.1) is 0 Å². The molecule has 1 aromatic rings. The molecule has 25 heavy (non-hydrogen) atoms. The SMILES string of the molecule is CCNC(=NCc1ccc(OC(C)C)nc1)NCCCOCC(C)C. The van der Waals surface area contributed by atoms with E-state index in [1.54, 1.807) is 0 Å². The van der Waals surface area contributed by atoms with Gasteiger partial charge in [0.1, 0.15) is 0 Å². The van der Waals surface area contributed by atoms with Gasteiger partial charge in [0.2, 0.25) is 5.88 Å². The van der Waals surface area contributed by atoms with Crippen LogP contribution in [0.15, 0.2) is 23.3 Å². The molecule has 142 valence electrons. The van der Waals surface area contributed by atoms with Crippen LogP contribution in [0.4, 0.5) is 0 Å². The Bertz CT molecular complexity index is 487. The fourth-order valence-corrected chi connectivity index (χ4v) is 2.03. The molecule has 1 aromatic heterocycles. The molecule has 0 fully saturated rings. The number of guanidine groups is 1. The average molecular weight is 351 g/mol. The highest BCUT2D eigenvalue weighted by atomic mass is 16.5. The predicted molar refractivity (Wildman–Crippen MR) is 103 cm³/mol. The van der Waals surface area contributed by atoms with Gasteiger partial charge in [-0.3, -0.25) is 0 Å². The van der Waals surface area contributed by atoms with E-state index in [9.17, 15) is 0 Å². The second-order valence-electron chi connectivity index (χ2n) is 6.62. The Balaban J connectivity index is 2.38. The first-order chi connectivity index (χ1) is 12.0. The van der Waals surface area contributed by atoms with Gasteiger partial charge in [-0.05, 0) is 38.7 Å². The van der Waals surface area contributed by atoms with Gasteiger partial charge >= 0.3 is 0 Å². The maximum atomic E-state index is 5.58. The van der Waals surface area contributed by atoms with Crippen molar-refractivity contribution in [1.29, 1.82) is 0 Å². The molecular weight excluding hydrogens is 316 g/mol. The van der Waals surface area contributed by atoms with E-state index in [0.29, 0.717) is 18.3 Å². The number of hydrogen-bond acceptors (Lipinski definition) is 4. The summed E-state index contributed by atoms with van der Waals surface area (Å²) in [6.07, 6.45) is 2.90. The van der Waals surface area contributed by atoms with Gasteiger partial charge in [0.15, 0.2) is 5.96 Å². The zero-order valence-electron chi connectivity index (χ0n) is 16.3. The smallest absolute Gasteiger partial charge is 0.213 e. The Kier molecular flexibility index (Phi) is 10.6. The number of pyridine rings is 1. The van der Waals surface area contributed by atoms with Crippen LogP contribution in [0.25, 0.3) is 0 Å². The molecule has 0 saturated carbocycles. The first-order valence-corrected chi connectivity index (χ1v) is 9.22. The molecule has 0 spiro atoms. The number of aromatic nitrogens is 1. The second-order valence-corrected chi connectivity index (χ2v) is 6.62. The van der Waals surface area contributed by atoms with Crippen molar-refractivity contribution in [2.75, 3.05) is 26.3 Å². The van der Waals surface area contributed by atoms with Gasteiger partial charge in [-0.1, -0.05) is 19.9 Å². The van der Waals surface area contributed by atoms with Crippen LogP contribution in [0.2, 0.25) is 0 Å². The van der Waals surface area contributed by atoms with E-state index in [0.717, 1.165) is 44.2 Å². The van der Waals surface area contributed by atoms with Gasteiger partial charge in [0.05, 0.1) is 12.6 Å². The molecule has 0 atom stereocenters. The number of hydrogen-bond donors (Lipinski definition) is 2. The van der Waals surface area contributed by atoms with E-state index in [4.69, 9.17) is 9.47 Å².